The molecule has 0 aliphatic carbocycles. The van der Waals surface area contributed by atoms with Gasteiger partial charge in [0.25, 0.3) is 5.91 Å². The van der Waals surface area contributed by atoms with Gasteiger partial charge in [-0.15, -0.1) is 0 Å². The summed E-state index contributed by atoms with van der Waals surface area (Å²) in [6.45, 7) is 2.34. The molecule has 3 N–H and O–H groups in total. The topological polar surface area (TPSA) is 85.4 Å². The zero-order valence-electron chi connectivity index (χ0n) is 13.4. The third-order valence-corrected chi connectivity index (χ3v) is 4.37. The number of carboxylic acid groups (broad SMARTS) is 1. The molecule has 24 heavy (non-hydrogen) atoms. The molecule has 0 saturated carbocycles. The molecule has 0 radical (unpaired) electrons. The average molecular weight is 327 g/mol. The maximum Gasteiger partial charge on any atom is 0.306 e. The second kappa shape index (κ2) is 7.31. The Balaban J connectivity index is 1.58. The summed E-state index contributed by atoms with van der Waals surface area (Å²) in [5.41, 5.74) is 2.39. The monoisotopic (exact) mass is 327 g/mol. The number of benzene rings is 1. The molecule has 0 spiro atoms. The van der Waals surface area contributed by atoms with E-state index in [4.69, 9.17) is 5.11 Å². The van der Waals surface area contributed by atoms with E-state index in [1.807, 2.05) is 24.3 Å². The van der Waals surface area contributed by atoms with Crippen molar-refractivity contribution in [1.82, 2.24) is 9.88 Å². The number of aromatic nitrogens is 1. The summed E-state index contributed by atoms with van der Waals surface area (Å²) >= 11 is 0. The van der Waals surface area contributed by atoms with E-state index in [0.29, 0.717) is 18.5 Å². The summed E-state index contributed by atoms with van der Waals surface area (Å²) in [7, 11) is 0. The number of likely N-dealkylation sites (tertiary alicyclic amines) is 1. The van der Waals surface area contributed by atoms with Gasteiger partial charge >= 0.3 is 5.97 Å². The van der Waals surface area contributed by atoms with Gasteiger partial charge in [-0.25, -0.2) is 0 Å². The number of piperidine rings is 1. The predicted octanol–water partition coefficient (Wildman–Crippen LogP) is 2.56. The number of carbonyl (C=O) groups excluding carboxylic acids is 1. The number of amides is 1. The highest BCUT2D eigenvalue weighted by Gasteiger charge is 2.24. The number of nitrogens with one attached hydrogen (secondary N) is 2. The fraction of sp³-hybridized carbons (Fsp3) is 0.333. The van der Waals surface area contributed by atoms with Crippen LogP contribution in [0.1, 0.15) is 28.9 Å². The van der Waals surface area contributed by atoms with Crippen molar-refractivity contribution in [3.8, 4) is 0 Å². The predicted molar refractivity (Wildman–Crippen MR) is 90.8 cm³/mol. The molecular weight excluding hydrogens is 306 g/mol. The first-order valence-electron chi connectivity index (χ1n) is 8.10. The van der Waals surface area contributed by atoms with Crippen molar-refractivity contribution in [2.24, 2.45) is 5.92 Å². The molecule has 1 saturated heterocycles. The minimum absolute atomic E-state index is 0.167. The Labute approximate surface area is 140 Å². The molecule has 2 heterocycles. The second-order valence-electron chi connectivity index (χ2n) is 6.13. The number of nitrogens with zero attached hydrogens (tertiary/aromatic N) is 1. The molecule has 2 aromatic rings. The summed E-state index contributed by atoms with van der Waals surface area (Å²) in [4.78, 5) is 28.2. The van der Waals surface area contributed by atoms with Crippen LogP contribution in [0, 0.1) is 5.92 Å². The average Bonchev–Trinajstić information content (AvgIpc) is 3.10. The minimum atomic E-state index is -0.691. The van der Waals surface area contributed by atoms with Gasteiger partial charge in [0.2, 0.25) is 0 Å². The lowest BCUT2D eigenvalue weighted by Gasteiger charge is -2.30. The Hall–Kier alpha value is -2.60. The molecule has 1 aromatic heterocycles. The van der Waals surface area contributed by atoms with Gasteiger partial charge in [-0.05, 0) is 55.8 Å². The van der Waals surface area contributed by atoms with Gasteiger partial charge in [0.15, 0.2) is 0 Å². The molecule has 3 rings (SSSR count). The fourth-order valence-corrected chi connectivity index (χ4v) is 3.01. The highest BCUT2D eigenvalue weighted by atomic mass is 16.4. The van der Waals surface area contributed by atoms with Crippen molar-refractivity contribution in [3.05, 3.63) is 53.9 Å². The highest BCUT2D eigenvalue weighted by molar-refractivity contribution is 6.02. The Bertz CT molecular complexity index is 704. The van der Waals surface area contributed by atoms with Crippen LogP contribution in [-0.4, -0.2) is 40.0 Å². The van der Waals surface area contributed by atoms with E-state index >= 15 is 0 Å². The van der Waals surface area contributed by atoms with Crippen LogP contribution in [-0.2, 0) is 11.3 Å². The van der Waals surface area contributed by atoms with Gasteiger partial charge in [-0.1, -0.05) is 12.1 Å². The lowest BCUT2D eigenvalue weighted by Crippen LogP contribution is -2.35. The highest BCUT2D eigenvalue weighted by Crippen LogP contribution is 2.20. The Morgan fingerprint density at radius 1 is 1.21 bits per heavy atom. The Morgan fingerprint density at radius 2 is 2.00 bits per heavy atom. The van der Waals surface area contributed by atoms with E-state index in [2.05, 4.69) is 15.2 Å². The van der Waals surface area contributed by atoms with Crippen LogP contribution in [0.15, 0.2) is 42.6 Å². The number of aliphatic carboxylic acids is 1. The number of hydrogen-bond acceptors (Lipinski definition) is 3. The van der Waals surface area contributed by atoms with Crippen molar-refractivity contribution < 1.29 is 14.7 Å². The zero-order chi connectivity index (χ0) is 16.9. The van der Waals surface area contributed by atoms with Gasteiger partial charge < -0.3 is 15.4 Å². The number of carboxylic acids is 1. The molecule has 1 aliphatic rings. The number of anilines is 1. The van der Waals surface area contributed by atoms with Crippen molar-refractivity contribution in [3.63, 3.8) is 0 Å². The van der Waals surface area contributed by atoms with E-state index in [1.54, 1.807) is 18.3 Å². The molecule has 1 fully saturated rings. The molecule has 6 nitrogen and oxygen atoms in total. The maximum absolute atomic E-state index is 12.1. The molecule has 1 aliphatic heterocycles. The van der Waals surface area contributed by atoms with E-state index < -0.39 is 5.97 Å². The first-order valence-corrected chi connectivity index (χ1v) is 8.10. The summed E-state index contributed by atoms with van der Waals surface area (Å²) < 4.78 is 0. The summed E-state index contributed by atoms with van der Waals surface area (Å²) in [6.07, 6.45) is 3.10. The first kappa shape index (κ1) is 16.3. The van der Waals surface area contributed by atoms with E-state index in [1.165, 1.54) is 0 Å². The molecule has 126 valence electrons. The quantitative estimate of drug-likeness (QED) is 0.788. The normalized spacial score (nSPS) is 16.0. The third kappa shape index (κ3) is 4.02. The third-order valence-electron chi connectivity index (χ3n) is 4.37. The lowest BCUT2D eigenvalue weighted by molar-refractivity contribution is -0.143. The second-order valence-corrected chi connectivity index (χ2v) is 6.13. The maximum atomic E-state index is 12.1. The molecular formula is C18H21N3O3. The number of aromatic amines is 1. The van der Waals surface area contributed by atoms with Gasteiger partial charge in [-0.2, -0.15) is 0 Å². The minimum Gasteiger partial charge on any atom is -0.481 e. The number of H-pyrrole nitrogens is 1. The number of rotatable bonds is 5. The summed E-state index contributed by atoms with van der Waals surface area (Å²) in [5.74, 6) is -1.07. The van der Waals surface area contributed by atoms with Crippen molar-refractivity contribution in [2.45, 2.75) is 19.4 Å². The van der Waals surface area contributed by atoms with Gasteiger partial charge in [-0.3, -0.25) is 14.5 Å². The van der Waals surface area contributed by atoms with E-state index in [0.717, 1.165) is 30.9 Å². The van der Waals surface area contributed by atoms with Gasteiger partial charge in [0, 0.05) is 18.4 Å². The standard InChI is InChI=1S/C18H21N3O3/c22-17(16-5-2-8-19-16)20-15-4-1-3-13(11-15)12-21-9-6-14(7-10-21)18(23)24/h1-5,8,11,14,19H,6-7,9-10,12H2,(H,20,22)(H,23,24). The first-order chi connectivity index (χ1) is 11.6. The van der Waals surface area contributed by atoms with Crippen LogP contribution in [0.25, 0.3) is 0 Å². The van der Waals surface area contributed by atoms with E-state index in [-0.39, 0.29) is 11.8 Å². The van der Waals surface area contributed by atoms with Crippen LogP contribution in [0.5, 0.6) is 0 Å². The summed E-state index contributed by atoms with van der Waals surface area (Å²) in [5, 5.41) is 11.9. The number of carbonyl (C=O) groups is 2. The van der Waals surface area contributed by atoms with Crippen molar-refractivity contribution >= 4 is 17.6 Å². The van der Waals surface area contributed by atoms with Crippen molar-refractivity contribution in [2.75, 3.05) is 18.4 Å². The molecule has 0 atom stereocenters. The Morgan fingerprint density at radius 3 is 2.67 bits per heavy atom. The SMILES string of the molecule is O=C(Nc1cccc(CN2CCC(C(=O)O)CC2)c1)c1ccc[nH]1. The molecule has 1 aromatic carbocycles. The van der Waals surface area contributed by atoms with Crippen molar-refractivity contribution in [1.29, 1.82) is 0 Å². The fourth-order valence-electron chi connectivity index (χ4n) is 3.01. The van der Waals surface area contributed by atoms with Crippen LogP contribution in [0.3, 0.4) is 0 Å². The molecule has 1 amide bonds. The zero-order valence-corrected chi connectivity index (χ0v) is 13.4. The molecule has 0 bridgehead atoms. The summed E-state index contributed by atoms with van der Waals surface area (Å²) in [6, 6.07) is 11.3. The number of hydrogen-bond donors (Lipinski definition) is 3. The van der Waals surface area contributed by atoms with Crippen LogP contribution in [0.2, 0.25) is 0 Å². The van der Waals surface area contributed by atoms with Crippen LogP contribution >= 0.6 is 0 Å². The van der Waals surface area contributed by atoms with E-state index in [9.17, 15) is 9.59 Å². The smallest absolute Gasteiger partial charge is 0.306 e. The van der Waals surface area contributed by atoms with Crippen LogP contribution < -0.4 is 5.32 Å². The van der Waals surface area contributed by atoms with Gasteiger partial charge in [0.1, 0.15) is 5.69 Å². The van der Waals surface area contributed by atoms with Gasteiger partial charge in [0.05, 0.1) is 5.92 Å². The van der Waals surface area contributed by atoms with Crippen LogP contribution in [0.4, 0.5) is 5.69 Å². The molecule has 0 unspecified atom stereocenters. The Kier molecular flexibility index (Phi) is 4.96. The molecule has 6 heteroatoms. The lowest BCUT2D eigenvalue weighted by atomic mass is 9.97. The largest absolute Gasteiger partial charge is 0.481 e.